The number of carbonyl (C=O) groups excluding carboxylic acids is 1. The Morgan fingerprint density at radius 1 is 1.37 bits per heavy atom. The molecule has 0 unspecified atom stereocenters. The molecular formula is C14H20ClNO3. The zero-order chi connectivity index (χ0) is 14.1. The van der Waals surface area contributed by atoms with Crippen molar-refractivity contribution in [1.29, 1.82) is 0 Å². The Bertz CT molecular complexity index is 398. The lowest BCUT2D eigenvalue weighted by Crippen LogP contribution is -2.24. The molecule has 1 rings (SSSR count). The first-order valence-electron chi connectivity index (χ1n) is 6.28. The molecule has 0 aliphatic heterocycles. The van der Waals surface area contributed by atoms with Crippen molar-refractivity contribution in [2.75, 3.05) is 33.4 Å². The molecule has 0 saturated carbocycles. The molecule has 0 radical (unpaired) electrons. The first kappa shape index (κ1) is 16.0. The summed E-state index contributed by atoms with van der Waals surface area (Å²) >= 11 is 6.09. The molecule has 4 nitrogen and oxygen atoms in total. The lowest BCUT2D eigenvalue weighted by Gasteiger charge is -2.17. The van der Waals surface area contributed by atoms with Crippen LogP contribution in [0.25, 0.3) is 0 Å². The van der Waals surface area contributed by atoms with Crippen LogP contribution in [-0.2, 0) is 20.8 Å². The summed E-state index contributed by atoms with van der Waals surface area (Å²) < 4.78 is 10.0. The molecule has 0 bridgehead atoms. The summed E-state index contributed by atoms with van der Waals surface area (Å²) in [7, 11) is 1.98. The van der Waals surface area contributed by atoms with E-state index in [1.165, 1.54) is 0 Å². The third kappa shape index (κ3) is 6.57. The van der Waals surface area contributed by atoms with Gasteiger partial charge in [-0.3, -0.25) is 4.90 Å². The molecule has 19 heavy (non-hydrogen) atoms. The van der Waals surface area contributed by atoms with Crippen LogP contribution in [0.5, 0.6) is 0 Å². The predicted octanol–water partition coefficient (Wildman–Crippen LogP) is 2.35. The van der Waals surface area contributed by atoms with E-state index in [0.29, 0.717) is 13.2 Å². The van der Waals surface area contributed by atoms with E-state index < -0.39 is 0 Å². The number of ether oxygens (including phenoxy) is 2. The van der Waals surface area contributed by atoms with E-state index in [-0.39, 0.29) is 12.6 Å². The molecule has 0 N–H and O–H groups in total. The summed E-state index contributed by atoms with van der Waals surface area (Å²) in [5.41, 5.74) is 1.08. The van der Waals surface area contributed by atoms with Gasteiger partial charge in [-0.25, -0.2) is 4.79 Å². The maximum absolute atomic E-state index is 11.0. The van der Waals surface area contributed by atoms with Crippen molar-refractivity contribution in [3.8, 4) is 0 Å². The zero-order valence-electron chi connectivity index (χ0n) is 11.4. The third-order valence-electron chi connectivity index (χ3n) is 2.54. The quantitative estimate of drug-likeness (QED) is 0.543. The highest BCUT2D eigenvalue weighted by atomic mass is 35.5. The highest BCUT2D eigenvalue weighted by Gasteiger charge is 2.05. The average molecular weight is 286 g/mol. The first-order chi connectivity index (χ1) is 9.13. The second-order valence-electron chi connectivity index (χ2n) is 4.19. The van der Waals surface area contributed by atoms with Crippen LogP contribution in [-0.4, -0.2) is 44.3 Å². The predicted molar refractivity (Wildman–Crippen MR) is 75.2 cm³/mol. The minimum atomic E-state index is -0.323. The second kappa shape index (κ2) is 8.91. The van der Waals surface area contributed by atoms with Gasteiger partial charge in [-0.2, -0.15) is 0 Å². The molecular weight excluding hydrogens is 266 g/mol. The van der Waals surface area contributed by atoms with Gasteiger partial charge >= 0.3 is 5.97 Å². The van der Waals surface area contributed by atoms with Gasteiger partial charge in [-0.15, -0.1) is 0 Å². The molecule has 106 valence electrons. The fourth-order valence-electron chi connectivity index (χ4n) is 1.58. The van der Waals surface area contributed by atoms with Gasteiger partial charge in [0, 0.05) is 18.1 Å². The number of carbonyl (C=O) groups is 1. The van der Waals surface area contributed by atoms with Gasteiger partial charge in [0.05, 0.1) is 13.2 Å². The number of esters is 1. The van der Waals surface area contributed by atoms with Gasteiger partial charge in [-0.05, 0) is 25.6 Å². The number of hydrogen-bond acceptors (Lipinski definition) is 4. The number of hydrogen-bond donors (Lipinski definition) is 0. The van der Waals surface area contributed by atoms with Gasteiger partial charge in [0.1, 0.15) is 6.61 Å². The summed E-state index contributed by atoms with van der Waals surface area (Å²) in [5.74, 6) is -0.323. The second-order valence-corrected chi connectivity index (χ2v) is 4.59. The van der Waals surface area contributed by atoms with Gasteiger partial charge in [0.2, 0.25) is 0 Å². The number of nitrogens with zero attached hydrogens (tertiary/aromatic N) is 1. The maximum atomic E-state index is 11.0. The number of rotatable bonds is 8. The lowest BCUT2D eigenvalue weighted by atomic mass is 10.2. The summed E-state index contributed by atoms with van der Waals surface area (Å²) in [6.45, 7) is 4.13. The van der Waals surface area contributed by atoms with Crippen molar-refractivity contribution >= 4 is 17.6 Å². The molecule has 1 aromatic rings. The Morgan fingerprint density at radius 2 is 2.11 bits per heavy atom. The standard InChI is InChI=1S/C14H20ClNO3/c1-3-19-14(17)11-18-9-8-16(2)10-12-6-4-5-7-13(12)15/h4-7H,3,8-11H2,1-2H3. The van der Waals surface area contributed by atoms with Gasteiger partial charge in [0.15, 0.2) is 0 Å². The van der Waals surface area contributed by atoms with Crippen LogP contribution >= 0.6 is 11.6 Å². The Kier molecular flexibility index (Phi) is 7.48. The normalized spacial score (nSPS) is 10.7. The highest BCUT2D eigenvalue weighted by Crippen LogP contribution is 2.16. The zero-order valence-corrected chi connectivity index (χ0v) is 12.2. The van der Waals surface area contributed by atoms with Crippen LogP contribution in [0.15, 0.2) is 24.3 Å². The van der Waals surface area contributed by atoms with Gasteiger partial charge in [0.25, 0.3) is 0 Å². The molecule has 0 atom stereocenters. The van der Waals surface area contributed by atoms with E-state index in [0.717, 1.165) is 23.7 Å². The monoisotopic (exact) mass is 285 g/mol. The molecule has 0 saturated heterocycles. The minimum absolute atomic E-state index is 0.00771. The van der Waals surface area contributed by atoms with Crippen molar-refractivity contribution in [2.45, 2.75) is 13.5 Å². The highest BCUT2D eigenvalue weighted by molar-refractivity contribution is 6.31. The fraction of sp³-hybridized carbons (Fsp3) is 0.500. The molecule has 0 amide bonds. The van der Waals surface area contributed by atoms with E-state index in [4.69, 9.17) is 21.1 Å². The Balaban J connectivity index is 2.20. The third-order valence-corrected chi connectivity index (χ3v) is 2.91. The van der Waals surface area contributed by atoms with E-state index in [1.807, 2.05) is 31.3 Å². The maximum Gasteiger partial charge on any atom is 0.332 e. The van der Waals surface area contributed by atoms with Crippen molar-refractivity contribution in [3.05, 3.63) is 34.9 Å². The SMILES string of the molecule is CCOC(=O)COCCN(C)Cc1ccccc1Cl. The van der Waals surface area contributed by atoms with Crippen LogP contribution in [0.3, 0.4) is 0 Å². The molecule has 5 heteroatoms. The summed E-state index contributed by atoms with van der Waals surface area (Å²) in [6, 6.07) is 7.75. The average Bonchev–Trinajstić information content (AvgIpc) is 2.38. The molecule has 0 aliphatic carbocycles. The van der Waals surface area contributed by atoms with Crippen LogP contribution < -0.4 is 0 Å². The Morgan fingerprint density at radius 3 is 2.79 bits per heavy atom. The summed E-state index contributed by atoms with van der Waals surface area (Å²) in [4.78, 5) is 13.1. The molecule has 0 heterocycles. The molecule has 1 aromatic carbocycles. The molecule has 0 fully saturated rings. The van der Waals surface area contributed by atoms with Crippen LogP contribution in [0, 0.1) is 0 Å². The van der Waals surface area contributed by atoms with Crippen LogP contribution in [0.2, 0.25) is 5.02 Å². The van der Waals surface area contributed by atoms with E-state index in [9.17, 15) is 4.79 Å². The minimum Gasteiger partial charge on any atom is -0.464 e. The molecule has 0 aliphatic rings. The van der Waals surface area contributed by atoms with Gasteiger partial charge in [-0.1, -0.05) is 29.8 Å². The molecule has 0 spiro atoms. The van der Waals surface area contributed by atoms with Crippen molar-refractivity contribution < 1.29 is 14.3 Å². The van der Waals surface area contributed by atoms with E-state index in [1.54, 1.807) is 6.92 Å². The number of likely N-dealkylation sites (N-methyl/N-ethyl adjacent to an activating group) is 1. The van der Waals surface area contributed by atoms with E-state index >= 15 is 0 Å². The lowest BCUT2D eigenvalue weighted by molar-refractivity contribution is -0.148. The van der Waals surface area contributed by atoms with Crippen molar-refractivity contribution in [2.24, 2.45) is 0 Å². The number of benzene rings is 1. The topological polar surface area (TPSA) is 38.8 Å². The fourth-order valence-corrected chi connectivity index (χ4v) is 1.77. The van der Waals surface area contributed by atoms with Crippen LogP contribution in [0.4, 0.5) is 0 Å². The van der Waals surface area contributed by atoms with Crippen molar-refractivity contribution in [3.63, 3.8) is 0 Å². The van der Waals surface area contributed by atoms with Crippen molar-refractivity contribution in [1.82, 2.24) is 4.90 Å². The summed E-state index contributed by atoms with van der Waals surface area (Å²) in [6.07, 6.45) is 0. The summed E-state index contributed by atoms with van der Waals surface area (Å²) in [5, 5.41) is 0.766. The number of halogens is 1. The van der Waals surface area contributed by atoms with Crippen LogP contribution in [0.1, 0.15) is 12.5 Å². The van der Waals surface area contributed by atoms with E-state index in [2.05, 4.69) is 4.90 Å². The molecule has 0 aromatic heterocycles. The largest absolute Gasteiger partial charge is 0.464 e. The smallest absolute Gasteiger partial charge is 0.332 e. The van der Waals surface area contributed by atoms with Gasteiger partial charge < -0.3 is 9.47 Å². The Labute approximate surface area is 119 Å². The Hall–Kier alpha value is -1.10. The first-order valence-corrected chi connectivity index (χ1v) is 6.66.